The summed E-state index contributed by atoms with van der Waals surface area (Å²) in [6.07, 6.45) is 0. The second kappa shape index (κ2) is 6.80. The molecule has 1 heterocycles. The number of fused-ring (bicyclic) bond motifs is 1. The summed E-state index contributed by atoms with van der Waals surface area (Å²) >= 11 is 0. The maximum absolute atomic E-state index is 14.2. The summed E-state index contributed by atoms with van der Waals surface area (Å²) in [5.74, 6) is 1.27. The summed E-state index contributed by atoms with van der Waals surface area (Å²) in [4.78, 5) is 9.11. The average molecular weight is 345 g/mol. The summed E-state index contributed by atoms with van der Waals surface area (Å²) in [5, 5.41) is 4.14. The second-order valence-corrected chi connectivity index (χ2v) is 5.72. The van der Waals surface area contributed by atoms with Gasteiger partial charge in [0, 0.05) is 5.39 Å². The Labute approximate surface area is 150 Å². The molecule has 0 unspecified atom stereocenters. The highest BCUT2D eigenvalue weighted by molar-refractivity contribution is 5.92. The Morgan fingerprint density at radius 2 is 1.58 bits per heavy atom. The van der Waals surface area contributed by atoms with Gasteiger partial charge in [0.05, 0.1) is 23.9 Å². The normalized spacial score (nSPS) is 10.7. The van der Waals surface area contributed by atoms with Crippen molar-refractivity contribution in [2.45, 2.75) is 0 Å². The highest BCUT2D eigenvalue weighted by Crippen LogP contribution is 2.31. The smallest absolute Gasteiger partial charge is 0.165 e. The van der Waals surface area contributed by atoms with Crippen LogP contribution in [-0.2, 0) is 0 Å². The first-order valence-corrected chi connectivity index (χ1v) is 8.18. The Kier molecular flexibility index (Phi) is 4.19. The van der Waals surface area contributed by atoms with E-state index in [1.165, 1.54) is 6.07 Å². The maximum Gasteiger partial charge on any atom is 0.165 e. The minimum Gasteiger partial charge on any atom is -0.495 e. The fourth-order valence-electron chi connectivity index (χ4n) is 2.81. The molecule has 5 heteroatoms. The Bertz CT molecular complexity index is 1080. The topological polar surface area (TPSA) is 47.0 Å². The number of anilines is 2. The molecule has 0 amide bonds. The van der Waals surface area contributed by atoms with Crippen molar-refractivity contribution >= 4 is 22.4 Å². The zero-order valence-corrected chi connectivity index (χ0v) is 14.1. The first kappa shape index (κ1) is 16.0. The third kappa shape index (κ3) is 2.95. The van der Waals surface area contributed by atoms with Crippen LogP contribution < -0.4 is 10.1 Å². The van der Waals surface area contributed by atoms with Gasteiger partial charge in [-0.15, -0.1) is 0 Å². The molecule has 3 aromatic carbocycles. The number of para-hydroxylation sites is 3. The number of hydrogen-bond donors (Lipinski definition) is 1. The largest absolute Gasteiger partial charge is 0.495 e. The van der Waals surface area contributed by atoms with Crippen LogP contribution in [0.1, 0.15) is 0 Å². The van der Waals surface area contributed by atoms with Crippen LogP contribution in [0.5, 0.6) is 5.75 Å². The molecule has 26 heavy (non-hydrogen) atoms. The number of hydrogen-bond acceptors (Lipinski definition) is 4. The third-order valence-electron chi connectivity index (χ3n) is 4.08. The molecule has 0 spiro atoms. The molecule has 0 aliphatic rings. The van der Waals surface area contributed by atoms with Crippen LogP contribution in [0.25, 0.3) is 22.3 Å². The molecular formula is C21H16FN3O. The number of nitrogens with one attached hydrogen (secondary N) is 1. The van der Waals surface area contributed by atoms with Crippen molar-refractivity contribution in [1.29, 1.82) is 0 Å². The standard InChI is InChI=1S/C21H16FN3O/c1-26-19-13-7-6-12-18(19)24-21-15-9-3-5-11-17(15)23-20(25-21)14-8-2-4-10-16(14)22/h2-13H,1H3,(H,23,24,25). The van der Waals surface area contributed by atoms with E-state index >= 15 is 0 Å². The van der Waals surface area contributed by atoms with Gasteiger partial charge in [0.1, 0.15) is 17.4 Å². The van der Waals surface area contributed by atoms with E-state index in [-0.39, 0.29) is 5.82 Å². The van der Waals surface area contributed by atoms with E-state index in [2.05, 4.69) is 15.3 Å². The Balaban J connectivity index is 1.89. The van der Waals surface area contributed by atoms with Gasteiger partial charge in [0.2, 0.25) is 0 Å². The van der Waals surface area contributed by atoms with Crippen LogP contribution in [-0.4, -0.2) is 17.1 Å². The van der Waals surface area contributed by atoms with Crippen molar-refractivity contribution in [3.05, 3.63) is 78.6 Å². The van der Waals surface area contributed by atoms with Crippen molar-refractivity contribution in [3.8, 4) is 17.1 Å². The van der Waals surface area contributed by atoms with Crippen LogP contribution in [0.15, 0.2) is 72.8 Å². The number of halogens is 1. The maximum atomic E-state index is 14.2. The van der Waals surface area contributed by atoms with Crippen LogP contribution in [0.4, 0.5) is 15.9 Å². The number of aromatic nitrogens is 2. The van der Waals surface area contributed by atoms with Gasteiger partial charge in [-0.25, -0.2) is 14.4 Å². The van der Waals surface area contributed by atoms with Crippen molar-refractivity contribution < 1.29 is 9.13 Å². The molecule has 1 aromatic heterocycles. The van der Waals surface area contributed by atoms with Crippen molar-refractivity contribution in [2.75, 3.05) is 12.4 Å². The minimum absolute atomic E-state index is 0.333. The summed E-state index contributed by atoms with van der Waals surface area (Å²) in [7, 11) is 1.61. The molecular weight excluding hydrogens is 329 g/mol. The molecule has 0 saturated carbocycles. The SMILES string of the molecule is COc1ccccc1Nc1nc(-c2ccccc2F)nc2ccccc12. The fraction of sp³-hybridized carbons (Fsp3) is 0.0476. The van der Waals surface area contributed by atoms with Crippen LogP contribution in [0.2, 0.25) is 0 Å². The molecule has 0 saturated heterocycles. The highest BCUT2D eigenvalue weighted by atomic mass is 19.1. The van der Waals surface area contributed by atoms with E-state index in [1.54, 1.807) is 25.3 Å². The summed E-state index contributed by atoms with van der Waals surface area (Å²) < 4.78 is 19.6. The molecule has 0 bridgehead atoms. The Morgan fingerprint density at radius 1 is 0.846 bits per heavy atom. The van der Waals surface area contributed by atoms with Crippen LogP contribution in [0.3, 0.4) is 0 Å². The third-order valence-corrected chi connectivity index (χ3v) is 4.08. The van der Waals surface area contributed by atoms with Gasteiger partial charge in [-0.3, -0.25) is 0 Å². The minimum atomic E-state index is -0.356. The molecule has 0 fully saturated rings. The molecule has 4 aromatic rings. The van der Waals surface area contributed by atoms with E-state index in [0.29, 0.717) is 23.0 Å². The molecule has 4 nitrogen and oxygen atoms in total. The monoisotopic (exact) mass is 345 g/mol. The van der Waals surface area contributed by atoms with E-state index in [1.807, 2.05) is 48.5 Å². The average Bonchev–Trinajstić information content (AvgIpc) is 2.68. The lowest BCUT2D eigenvalue weighted by atomic mass is 10.1. The Morgan fingerprint density at radius 3 is 2.42 bits per heavy atom. The van der Waals surface area contributed by atoms with E-state index in [0.717, 1.165) is 16.6 Å². The van der Waals surface area contributed by atoms with Gasteiger partial charge in [-0.05, 0) is 36.4 Å². The first-order chi connectivity index (χ1) is 12.8. The first-order valence-electron chi connectivity index (χ1n) is 8.18. The lowest BCUT2D eigenvalue weighted by Crippen LogP contribution is -2.01. The molecule has 4 rings (SSSR count). The van der Waals surface area contributed by atoms with E-state index in [9.17, 15) is 4.39 Å². The lowest BCUT2D eigenvalue weighted by molar-refractivity contribution is 0.417. The quantitative estimate of drug-likeness (QED) is 0.553. The van der Waals surface area contributed by atoms with Gasteiger partial charge in [0.25, 0.3) is 0 Å². The summed E-state index contributed by atoms with van der Waals surface area (Å²) in [5.41, 5.74) is 1.87. The number of ether oxygens (including phenoxy) is 1. The predicted octanol–water partition coefficient (Wildman–Crippen LogP) is 5.19. The number of rotatable bonds is 4. The molecule has 0 aliphatic carbocycles. The fourth-order valence-corrected chi connectivity index (χ4v) is 2.81. The predicted molar refractivity (Wildman–Crippen MR) is 101 cm³/mol. The van der Waals surface area contributed by atoms with Crippen molar-refractivity contribution in [2.24, 2.45) is 0 Å². The van der Waals surface area contributed by atoms with Crippen molar-refractivity contribution in [3.63, 3.8) is 0 Å². The Hall–Kier alpha value is -3.47. The summed E-state index contributed by atoms with van der Waals surface area (Å²) in [6.45, 7) is 0. The molecule has 0 atom stereocenters. The van der Waals surface area contributed by atoms with Gasteiger partial charge >= 0.3 is 0 Å². The van der Waals surface area contributed by atoms with Crippen molar-refractivity contribution in [1.82, 2.24) is 9.97 Å². The number of nitrogens with zero attached hydrogens (tertiary/aromatic N) is 2. The number of benzene rings is 3. The molecule has 0 radical (unpaired) electrons. The van der Waals surface area contributed by atoms with Crippen LogP contribution in [0, 0.1) is 5.82 Å². The zero-order chi connectivity index (χ0) is 17.9. The van der Waals surface area contributed by atoms with E-state index in [4.69, 9.17) is 4.74 Å². The van der Waals surface area contributed by atoms with Crippen LogP contribution >= 0.6 is 0 Å². The number of methoxy groups -OCH3 is 1. The molecule has 128 valence electrons. The molecule has 0 aliphatic heterocycles. The summed E-state index contributed by atoms with van der Waals surface area (Å²) in [6, 6.07) is 21.7. The van der Waals surface area contributed by atoms with Gasteiger partial charge < -0.3 is 10.1 Å². The second-order valence-electron chi connectivity index (χ2n) is 5.72. The van der Waals surface area contributed by atoms with Gasteiger partial charge in [-0.2, -0.15) is 0 Å². The van der Waals surface area contributed by atoms with E-state index < -0.39 is 0 Å². The zero-order valence-electron chi connectivity index (χ0n) is 14.1. The lowest BCUT2D eigenvalue weighted by Gasteiger charge is -2.13. The van der Waals surface area contributed by atoms with Gasteiger partial charge in [0.15, 0.2) is 5.82 Å². The molecule has 1 N–H and O–H groups in total. The highest BCUT2D eigenvalue weighted by Gasteiger charge is 2.13. The van der Waals surface area contributed by atoms with Gasteiger partial charge in [-0.1, -0.05) is 36.4 Å².